The first-order valence-electron chi connectivity index (χ1n) is 15.7. The Labute approximate surface area is 279 Å². The van der Waals surface area contributed by atoms with Gasteiger partial charge in [-0.3, -0.25) is 14.4 Å². The number of benzene rings is 2. The third-order valence-electron chi connectivity index (χ3n) is 7.29. The summed E-state index contributed by atoms with van der Waals surface area (Å²) in [4.78, 5) is 56.6. The molecule has 2 atom stereocenters. The van der Waals surface area contributed by atoms with Gasteiger partial charge in [-0.25, -0.2) is 18.6 Å². The number of carbonyl (C=O) groups is 4. The molecule has 0 unspecified atom stereocenters. The van der Waals surface area contributed by atoms with Crippen molar-refractivity contribution in [2.24, 2.45) is 5.41 Å². The maximum absolute atomic E-state index is 15.0. The van der Waals surface area contributed by atoms with Crippen LogP contribution in [0.3, 0.4) is 0 Å². The molecule has 0 bridgehead atoms. The lowest BCUT2D eigenvalue weighted by molar-refractivity contribution is -0.137. The van der Waals surface area contributed by atoms with Crippen LogP contribution in [0.25, 0.3) is 11.3 Å². The predicted octanol–water partition coefficient (Wildman–Crippen LogP) is 5.69. The molecule has 3 rings (SSSR count). The molecule has 2 aromatic carbocycles. The summed E-state index contributed by atoms with van der Waals surface area (Å²) < 4.78 is 36.4. The highest BCUT2D eigenvalue weighted by Gasteiger charge is 2.38. The Kier molecular flexibility index (Phi) is 12.4. The second kappa shape index (κ2) is 15.9. The molecule has 260 valence electrons. The Bertz CT molecular complexity index is 1600. The fourth-order valence-corrected chi connectivity index (χ4v) is 5.24. The normalized spacial score (nSPS) is 12.9. The van der Waals surface area contributed by atoms with Crippen molar-refractivity contribution in [3.05, 3.63) is 77.8 Å². The number of hydrogen-bond acceptors (Lipinski definition) is 6. The lowest BCUT2D eigenvalue weighted by atomic mass is 9.84. The van der Waals surface area contributed by atoms with E-state index in [1.54, 1.807) is 31.5 Å². The Morgan fingerprint density at radius 2 is 1.69 bits per heavy atom. The molecule has 11 nitrogen and oxygen atoms in total. The van der Waals surface area contributed by atoms with Gasteiger partial charge in [-0.1, -0.05) is 51.1 Å². The van der Waals surface area contributed by atoms with E-state index in [1.165, 1.54) is 11.8 Å². The van der Waals surface area contributed by atoms with Crippen molar-refractivity contribution in [1.82, 2.24) is 25.1 Å². The second-order valence-electron chi connectivity index (χ2n) is 13.6. The zero-order valence-corrected chi connectivity index (χ0v) is 28.5. The second-order valence-corrected chi connectivity index (χ2v) is 13.6. The third-order valence-corrected chi connectivity index (χ3v) is 7.29. The number of imidazole rings is 1. The predicted molar refractivity (Wildman–Crippen MR) is 176 cm³/mol. The molecule has 1 heterocycles. The number of rotatable bonds is 13. The summed E-state index contributed by atoms with van der Waals surface area (Å²) in [6, 6.07) is 10.7. The van der Waals surface area contributed by atoms with Gasteiger partial charge in [0.15, 0.2) is 0 Å². The van der Waals surface area contributed by atoms with Gasteiger partial charge in [0.2, 0.25) is 11.8 Å². The van der Waals surface area contributed by atoms with Crippen LogP contribution < -0.4 is 10.6 Å². The fraction of sp³-hybridized carbons (Fsp3) is 0.457. The van der Waals surface area contributed by atoms with E-state index in [-0.39, 0.29) is 43.1 Å². The standard InChI is InChI=1S/C35H45F2N5O6/c1-22(43)42(18-16-27(32(46)38-17-15-29(44)45)40-33(47)48-35(5,6)7)30(34(2,3)4)31-39-28(25-19-24(36)13-14-26(25)37)21-41(31)20-23-11-9-8-10-12-23/h8-14,19,21,27,30H,15-18,20H2,1-7H3,(H,38,46)(H,40,47)(H,44,45)/t27-,30-/m0/s1. The van der Waals surface area contributed by atoms with Gasteiger partial charge in [-0.15, -0.1) is 0 Å². The first-order chi connectivity index (χ1) is 22.4. The Hall–Kier alpha value is -4.81. The number of nitrogens with one attached hydrogen (secondary N) is 2. The van der Waals surface area contributed by atoms with Crippen LogP contribution >= 0.6 is 0 Å². The molecule has 0 radical (unpaired) electrons. The lowest BCUT2D eigenvalue weighted by Gasteiger charge is -2.40. The molecule has 0 saturated heterocycles. The number of carbonyl (C=O) groups excluding carboxylic acids is 3. The zero-order valence-electron chi connectivity index (χ0n) is 28.5. The van der Waals surface area contributed by atoms with Crippen LogP contribution in [0.5, 0.6) is 0 Å². The van der Waals surface area contributed by atoms with Crippen LogP contribution in [-0.4, -0.2) is 68.2 Å². The molecule has 3 aromatic rings. The average molecular weight is 670 g/mol. The van der Waals surface area contributed by atoms with Crippen molar-refractivity contribution in [2.75, 3.05) is 13.1 Å². The molecule has 0 spiro atoms. The van der Waals surface area contributed by atoms with Crippen LogP contribution in [0.4, 0.5) is 13.6 Å². The van der Waals surface area contributed by atoms with Gasteiger partial charge in [0.25, 0.3) is 0 Å². The van der Waals surface area contributed by atoms with Crippen molar-refractivity contribution in [1.29, 1.82) is 0 Å². The summed E-state index contributed by atoms with van der Waals surface area (Å²) in [5.41, 5.74) is -0.473. The summed E-state index contributed by atoms with van der Waals surface area (Å²) in [6.07, 6.45) is 0.382. The Morgan fingerprint density at radius 3 is 2.27 bits per heavy atom. The third kappa shape index (κ3) is 10.9. The van der Waals surface area contributed by atoms with Crippen molar-refractivity contribution in [2.45, 2.75) is 85.5 Å². The van der Waals surface area contributed by atoms with Crippen LogP contribution in [-0.2, 0) is 25.7 Å². The van der Waals surface area contributed by atoms with Crippen molar-refractivity contribution in [3.8, 4) is 11.3 Å². The highest BCUT2D eigenvalue weighted by atomic mass is 19.1. The van der Waals surface area contributed by atoms with Crippen molar-refractivity contribution in [3.63, 3.8) is 0 Å². The average Bonchev–Trinajstić information content (AvgIpc) is 3.36. The summed E-state index contributed by atoms with van der Waals surface area (Å²) in [6.45, 7) is 12.2. The summed E-state index contributed by atoms with van der Waals surface area (Å²) >= 11 is 0. The molecule has 0 aliphatic heterocycles. The van der Waals surface area contributed by atoms with Gasteiger partial charge in [0.1, 0.15) is 29.1 Å². The van der Waals surface area contributed by atoms with Gasteiger partial charge < -0.3 is 29.9 Å². The summed E-state index contributed by atoms with van der Waals surface area (Å²) in [5, 5.41) is 14.1. The Morgan fingerprint density at radius 1 is 1.02 bits per heavy atom. The first kappa shape index (κ1) is 37.6. The number of aromatic nitrogens is 2. The SMILES string of the molecule is CC(=O)N(CC[C@H](NC(=O)OC(C)(C)C)C(=O)NCCC(=O)O)[C@@H](c1nc(-c2cc(F)ccc2F)cn1Cc1ccccc1)C(C)(C)C. The number of nitrogens with zero attached hydrogens (tertiary/aromatic N) is 3. The van der Waals surface area contributed by atoms with E-state index < -0.39 is 52.7 Å². The van der Waals surface area contributed by atoms with Gasteiger partial charge in [0, 0.05) is 38.3 Å². The first-order valence-corrected chi connectivity index (χ1v) is 15.7. The molecule has 3 N–H and O–H groups in total. The van der Waals surface area contributed by atoms with E-state index >= 15 is 0 Å². The van der Waals surface area contributed by atoms with E-state index in [0.717, 1.165) is 23.8 Å². The Balaban J connectivity index is 2.06. The van der Waals surface area contributed by atoms with Crippen LogP contribution in [0.2, 0.25) is 0 Å². The van der Waals surface area contributed by atoms with Crippen LogP contribution in [0.1, 0.15) is 78.7 Å². The van der Waals surface area contributed by atoms with E-state index in [2.05, 4.69) is 10.6 Å². The zero-order chi connectivity index (χ0) is 35.8. The number of carboxylic acid groups (broad SMARTS) is 1. The maximum Gasteiger partial charge on any atom is 0.408 e. The molecule has 13 heteroatoms. The number of halogens is 2. The molecule has 0 saturated carbocycles. The summed E-state index contributed by atoms with van der Waals surface area (Å²) in [7, 11) is 0. The minimum atomic E-state index is -1.18. The van der Waals surface area contributed by atoms with Gasteiger partial charge >= 0.3 is 12.1 Å². The quantitative estimate of drug-likeness (QED) is 0.212. The van der Waals surface area contributed by atoms with E-state index in [4.69, 9.17) is 14.8 Å². The minimum Gasteiger partial charge on any atom is -0.481 e. The topological polar surface area (TPSA) is 143 Å². The maximum atomic E-state index is 15.0. The molecular weight excluding hydrogens is 624 g/mol. The molecule has 0 fully saturated rings. The molecule has 0 aliphatic carbocycles. The smallest absolute Gasteiger partial charge is 0.408 e. The highest BCUT2D eigenvalue weighted by Crippen LogP contribution is 2.39. The van der Waals surface area contributed by atoms with E-state index in [1.807, 2.05) is 51.1 Å². The van der Waals surface area contributed by atoms with Crippen molar-refractivity contribution < 1.29 is 37.8 Å². The number of amides is 3. The molecule has 3 amide bonds. The fourth-order valence-electron chi connectivity index (χ4n) is 5.24. The largest absolute Gasteiger partial charge is 0.481 e. The van der Waals surface area contributed by atoms with Gasteiger partial charge in [0.05, 0.1) is 18.2 Å². The van der Waals surface area contributed by atoms with Crippen molar-refractivity contribution >= 4 is 23.9 Å². The molecular formula is C35H45F2N5O6. The van der Waals surface area contributed by atoms with Crippen LogP contribution in [0, 0.1) is 17.0 Å². The van der Waals surface area contributed by atoms with E-state index in [0.29, 0.717) is 12.4 Å². The number of aliphatic carboxylic acids is 1. The molecule has 48 heavy (non-hydrogen) atoms. The lowest BCUT2D eigenvalue weighted by Crippen LogP contribution is -2.51. The van der Waals surface area contributed by atoms with E-state index in [9.17, 15) is 28.0 Å². The van der Waals surface area contributed by atoms with Gasteiger partial charge in [-0.2, -0.15) is 0 Å². The number of hydrogen-bond donors (Lipinski definition) is 3. The minimum absolute atomic E-state index is 0.0358. The summed E-state index contributed by atoms with van der Waals surface area (Å²) in [5.74, 6) is -2.99. The number of ether oxygens (including phenoxy) is 1. The molecule has 1 aromatic heterocycles. The number of alkyl carbamates (subject to hydrolysis) is 1. The molecule has 0 aliphatic rings. The van der Waals surface area contributed by atoms with Gasteiger partial charge in [-0.05, 0) is 56.4 Å². The van der Waals surface area contributed by atoms with Crippen LogP contribution in [0.15, 0.2) is 54.7 Å². The highest BCUT2D eigenvalue weighted by molar-refractivity contribution is 5.86. The monoisotopic (exact) mass is 669 g/mol. The number of carboxylic acids is 1.